The number of hydrogen-bond donors (Lipinski definition) is 1. The van der Waals surface area contributed by atoms with Crippen LogP contribution in [0.25, 0.3) is 11.2 Å². The first kappa shape index (κ1) is 13.6. The Morgan fingerprint density at radius 3 is 2.95 bits per heavy atom. The van der Waals surface area contributed by atoms with Crippen molar-refractivity contribution in [1.82, 2.24) is 14.6 Å². The maximum Gasteiger partial charge on any atom is 0.276 e. The van der Waals surface area contributed by atoms with Gasteiger partial charge in [-0.15, -0.1) is 0 Å². The molecule has 0 saturated heterocycles. The van der Waals surface area contributed by atoms with Crippen molar-refractivity contribution < 1.29 is 0 Å². The van der Waals surface area contributed by atoms with Gasteiger partial charge in [0, 0.05) is 17.8 Å². The highest BCUT2D eigenvalue weighted by atomic mass is 16.1. The predicted molar refractivity (Wildman–Crippen MR) is 80.8 cm³/mol. The van der Waals surface area contributed by atoms with Gasteiger partial charge in [-0.2, -0.15) is 5.26 Å². The topological polar surface area (TPSA) is 73.9 Å². The third-order valence-corrected chi connectivity index (χ3v) is 4.06. The fraction of sp³-hybridized carbons (Fsp3) is 0.438. The van der Waals surface area contributed by atoms with Gasteiger partial charge in [0.15, 0.2) is 5.65 Å². The number of fused-ring (bicyclic) bond motifs is 1. The molecular weight excluding hydrogens is 264 g/mol. The van der Waals surface area contributed by atoms with E-state index in [0.717, 1.165) is 36.1 Å². The van der Waals surface area contributed by atoms with E-state index in [1.165, 1.54) is 4.52 Å². The SMILES string of the molecule is CC(C)c1c(C2=CCC(C#N)CC2)nc2cc[nH]n2c1=O. The molecule has 1 aliphatic rings. The summed E-state index contributed by atoms with van der Waals surface area (Å²) < 4.78 is 1.49. The Morgan fingerprint density at radius 1 is 1.52 bits per heavy atom. The van der Waals surface area contributed by atoms with E-state index in [1.54, 1.807) is 12.3 Å². The summed E-state index contributed by atoms with van der Waals surface area (Å²) in [5, 5.41) is 11.9. The molecule has 0 aromatic carbocycles. The summed E-state index contributed by atoms with van der Waals surface area (Å²) in [6.07, 6.45) is 6.20. The highest BCUT2D eigenvalue weighted by Crippen LogP contribution is 2.31. The molecule has 2 aromatic rings. The van der Waals surface area contributed by atoms with E-state index in [9.17, 15) is 4.79 Å². The highest BCUT2D eigenvalue weighted by Gasteiger charge is 2.22. The lowest BCUT2D eigenvalue weighted by Gasteiger charge is -2.19. The summed E-state index contributed by atoms with van der Waals surface area (Å²) in [5.41, 5.74) is 3.27. The molecule has 5 nitrogen and oxygen atoms in total. The molecule has 0 bridgehead atoms. The van der Waals surface area contributed by atoms with Crippen molar-refractivity contribution in [3.63, 3.8) is 0 Å². The van der Waals surface area contributed by atoms with Crippen LogP contribution < -0.4 is 5.56 Å². The highest BCUT2D eigenvalue weighted by molar-refractivity contribution is 5.68. The molecule has 1 unspecified atom stereocenters. The number of nitriles is 1. The summed E-state index contributed by atoms with van der Waals surface area (Å²) in [7, 11) is 0. The molecule has 2 aromatic heterocycles. The van der Waals surface area contributed by atoms with E-state index in [1.807, 2.05) is 13.8 Å². The van der Waals surface area contributed by atoms with Crippen LogP contribution in [-0.4, -0.2) is 14.6 Å². The van der Waals surface area contributed by atoms with E-state index in [4.69, 9.17) is 5.26 Å². The molecule has 0 fully saturated rings. The minimum absolute atomic E-state index is 0.0293. The van der Waals surface area contributed by atoms with Crippen molar-refractivity contribution in [1.29, 1.82) is 5.26 Å². The third kappa shape index (κ3) is 2.27. The lowest BCUT2D eigenvalue weighted by molar-refractivity contribution is 0.602. The normalized spacial score (nSPS) is 18.8. The minimum atomic E-state index is -0.0293. The van der Waals surface area contributed by atoms with Crippen LogP contribution in [0, 0.1) is 17.2 Å². The first-order chi connectivity index (χ1) is 10.1. The van der Waals surface area contributed by atoms with Crippen molar-refractivity contribution in [2.75, 3.05) is 0 Å². The van der Waals surface area contributed by atoms with E-state index < -0.39 is 0 Å². The van der Waals surface area contributed by atoms with Crippen molar-refractivity contribution in [2.24, 2.45) is 5.92 Å². The first-order valence-electron chi connectivity index (χ1n) is 7.31. The second kappa shape index (κ2) is 5.21. The number of aromatic nitrogens is 3. The zero-order valence-electron chi connectivity index (χ0n) is 12.3. The van der Waals surface area contributed by atoms with Gasteiger partial charge in [-0.1, -0.05) is 19.9 Å². The zero-order chi connectivity index (χ0) is 15.0. The number of rotatable bonds is 2. The van der Waals surface area contributed by atoms with E-state index >= 15 is 0 Å². The minimum Gasteiger partial charge on any atom is -0.297 e. The molecule has 1 N–H and O–H groups in total. The molecular formula is C16H18N4O. The molecule has 21 heavy (non-hydrogen) atoms. The predicted octanol–water partition coefficient (Wildman–Crippen LogP) is 2.85. The van der Waals surface area contributed by atoms with Gasteiger partial charge in [-0.3, -0.25) is 9.89 Å². The van der Waals surface area contributed by atoms with Crippen LogP contribution in [0.15, 0.2) is 23.1 Å². The van der Waals surface area contributed by atoms with Gasteiger partial charge >= 0.3 is 0 Å². The van der Waals surface area contributed by atoms with Crippen molar-refractivity contribution in [2.45, 2.75) is 39.0 Å². The van der Waals surface area contributed by atoms with E-state index in [-0.39, 0.29) is 17.4 Å². The molecule has 0 spiro atoms. The number of H-pyrrole nitrogens is 1. The summed E-state index contributed by atoms with van der Waals surface area (Å²) in [6.45, 7) is 4.03. The van der Waals surface area contributed by atoms with E-state index in [2.05, 4.69) is 22.2 Å². The Bertz CT molecular complexity index is 804. The second-order valence-corrected chi connectivity index (χ2v) is 5.82. The van der Waals surface area contributed by atoms with Crippen LogP contribution in [0.2, 0.25) is 0 Å². The summed E-state index contributed by atoms with van der Waals surface area (Å²) >= 11 is 0. The lowest BCUT2D eigenvalue weighted by Crippen LogP contribution is -2.24. The Labute approximate surface area is 122 Å². The zero-order valence-corrected chi connectivity index (χ0v) is 12.3. The standard InChI is InChI=1S/C16H18N4O/c1-10(2)14-15(12-5-3-11(9-17)4-6-12)19-13-7-8-18-20(13)16(14)21/h5,7-8,10-11,18H,3-4,6H2,1-2H3. The largest absolute Gasteiger partial charge is 0.297 e. The average molecular weight is 282 g/mol. The van der Waals surface area contributed by atoms with Gasteiger partial charge in [0.05, 0.1) is 17.7 Å². The maximum atomic E-state index is 12.6. The van der Waals surface area contributed by atoms with E-state index in [0.29, 0.717) is 5.65 Å². The Kier molecular flexibility index (Phi) is 3.38. The fourth-order valence-corrected chi connectivity index (χ4v) is 2.91. The quantitative estimate of drug-likeness (QED) is 0.920. The summed E-state index contributed by atoms with van der Waals surface area (Å²) in [5.74, 6) is 0.197. The third-order valence-electron chi connectivity index (χ3n) is 4.06. The second-order valence-electron chi connectivity index (χ2n) is 5.82. The van der Waals surface area contributed by atoms with Crippen LogP contribution in [-0.2, 0) is 0 Å². The van der Waals surface area contributed by atoms with Gasteiger partial charge in [0.25, 0.3) is 5.56 Å². The smallest absolute Gasteiger partial charge is 0.276 e. The number of aromatic amines is 1. The average Bonchev–Trinajstić information content (AvgIpc) is 2.95. The molecule has 3 rings (SSSR count). The molecule has 2 heterocycles. The van der Waals surface area contributed by atoms with Crippen LogP contribution in [0.1, 0.15) is 50.3 Å². The van der Waals surface area contributed by atoms with Gasteiger partial charge in [-0.25, -0.2) is 9.50 Å². The molecule has 108 valence electrons. The summed E-state index contributed by atoms with van der Waals surface area (Å²) in [6, 6.07) is 4.12. The lowest BCUT2D eigenvalue weighted by atomic mass is 9.86. The van der Waals surface area contributed by atoms with Crippen LogP contribution in [0.5, 0.6) is 0 Å². The van der Waals surface area contributed by atoms with Crippen molar-refractivity contribution in [3.05, 3.63) is 40.0 Å². The van der Waals surface area contributed by atoms with Gasteiger partial charge in [0.2, 0.25) is 0 Å². The van der Waals surface area contributed by atoms with Crippen LogP contribution in [0.3, 0.4) is 0 Å². The molecule has 0 aliphatic heterocycles. The Hall–Kier alpha value is -2.35. The maximum absolute atomic E-state index is 12.6. The summed E-state index contributed by atoms with van der Waals surface area (Å²) in [4.78, 5) is 17.3. The van der Waals surface area contributed by atoms with Gasteiger partial charge in [-0.05, 0) is 30.8 Å². The Morgan fingerprint density at radius 2 is 2.33 bits per heavy atom. The van der Waals surface area contributed by atoms with Crippen molar-refractivity contribution >= 4 is 11.2 Å². The van der Waals surface area contributed by atoms with Crippen LogP contribution >= 0.6 is 0 Å². The number of nitrogens with zero attached hydrogens (tertiary/aromatic N) is 3. The number of allylic oxidation sites excluding steroid dienone is 2. The molecule has 0 saturated carbocycles. The van der Waals surface area contributed by atoms with Crippen LogP contribution in [0.4, 0.5) is 0 Å². The first-order valence-corrected chi connectivity index (χ1v) is 7.31. The van der Waals surface area contributed by atoms with Crippen molar-refractivity contribution in [3.8, 4) is 6.07 Å². The molecule has 5 heteroatoms. The monoisotopic (exact) mass is 282 g/mol. The Balaban J connectivity index is 2.18. The molecule has 0 radical (unpaired) electrons. The number of hydrogen-bond acceptors (Lipinski definition) is 3. The number of nitrogens with one attached hydrogen (secondary N) is 1. The molecule has 1 atom stereocenters. The fourth-order valence-electron chi connectivity index (χ4n) is 2.91. The molecule has 0 amide bonds. The molecule has 1 aliphatic carbocycles. The van der Waals surface area contributed by atoms with Gasteiger partial charge < -0.3 is 0 Å². The van der Waals surface area contributed by atoms with Gasteiger partial charge in [0.1, 0.15) is 0 Å².